The Morgan fingerprint density at radius 2 is 2.30 bits per heavy atom. The van der Waals surface area contributed by atoms with E-state index in [4.69, 9.17) is 4.42 Å². The largest absolute Gasteiger partial charge is 0.442 e. The van der Waals surface area contributed by atoms with Crippen molar-refractivity contribution in [1.82, 2.24) is 9.97 Å². The van der Waals surface area contributed by atoms with E-state index in [0.717, 1.165) is 6.20 Å². The molecule has 0 bridgehead atoms. The van der Waals surface area contributed by atoms with Crippen molar-refractivity contribution in [3.8, 4) is 0 Å². The van der Waals surface area contributed by atoms with E-state index in [1.165, 1.54) is 12.5 Å². The van der Waals surface area contributed by atoms with E-state index < -0.39 is 5.82 Å². The Morgan fingerprint density at radius 3 is 3.20 bits per heavy atom. The van der Waals surface area contributed by atoms with Gasteiger partial charge in [0.25, 0.3) is 0 Å². The monoisotopic (exact) mass is 138 g/mol. The van der Waals surface area contributed by atoms with Gasteiger partial charge >= 0.3 is 0 Å². The average Bonchev–Trinajstić information content (AvgIpc) is 2.33. The Labute approximate surface area is 55.5 Å². The molecule has 0 amide bonds. The van der Waals surface area contributed by atoms with E-state index >= 15 is 0 Å². The molecule has 0 radical (unpaired) electrons. The SMILES string of the molecule is Fc1cnc2ncoc2c1. The van der Waals surface area contributed by atoms with Crippen molar-refractivity contribution in [3.05, 3.63) is 24.5 Å². The van der Waals surface area contributed by atoms with Crippen LogP contribution in [0, 0.1) is 5.82 Å². The average molecular weight is 138 g/mol. The van der Waals surface area contributed by atoms with Crippen molar-refractivity contribution in [1.29, 1.82) is 0 Å². The third-order valence-electron chi connectivity index (χ3n) is 1.15. The predicted octanol–water partition coefficient (Wildman–Crippen LogP) is 1.36. The number of fused-ring (bicyclic) bond motifs is 1. The molecule has 2 aromatic heterocycles. The van der Waals surface area contributed by atoms with Crippen LogP contribution in [0.15, 0.2) is 23.1 Å². The lowest BCUT2D eigenvalue weighted by molar-refractivity contribution is 0.588. The zero-order valence-corrected chi connectivity index (χ0v) is 4.91. The smallest absolute Gasteiger partial charge is 0.198 e. The molecule has 2 aromatic rings. The van der Waals surface area contributed by atoms with Crippen LogP contribution in [0.5, 0.6) is 0 Å². The molecule has 0 saturated heterocycles. The highest BCUT2D eigenvalue weighted by atomic mass is 19.1. The number of oxazole rings is 1. The molecule has 0 fully saturated rings. The Bertz CT molecular complexity index is 357. The molecule has 2 rings (SSSR count). The van der Waals surface area contributed by atoms with Gasteiger partial charge in [-0.25, -0.2) is 9.37 Å². The van der Waals surface area contributed by atoms with Crippen LogP contribution < -0.4 is 0 Å². The number of aromatic nitrogens is 2. The summed E-state index contributed by atoms with van der Waals surface area (Å²) in [6.07, 6.45) is 2.34. The highest BCUT2D eigenvalue weighted by molar-refractivity contribution is 5.66. The highest BCUT2D eigenvalue weighted by Gasteiger charge is 1.99. The number of nitrogens with zero attached hydrogens (tertiary/aromatic N) is 2. The van der Waals surface area contributed by atoms with Gasteiger partial charge in [-0.2, -0.15) is 4.98 Å². The molecule has 2 heterocycles. The van der Waals surface area contributed by atoms with Gasteiger partial charge in [0, 0.05) is 6.07 Å². The number of hydrogen-bond acceptors (Lipinski definition) is 3. The van der Waals surface area contributed by atoms with Crippen molar-refractivity contribution >= 4 is 11.2 Å². The fourth-order valence-electron chi connectivity index (χ4n) is 0.730. The molecule has 0 aliphatic heterocycles. The van der Waals surface area contributed by atoms with Crippen molar-refractivity contribution in [2.24, 2.45) is 0 Å². The van der Waals surface area contributed by atoms with Gasteiger partial charge in [-0.05, 0) is 0 Å². The van der Waals surface area contributed by atoms with Gasteiger partial charge in [-0.3, -0.25) is 0 Å². The van der Waals surface area contributed by atoms with Crippen LogP contribution >= 0.6 is 0 Å². The Balaban J connectivity index is 2.86. The molecule has 0 aliphatic rings. The summed E-state index contributed by atoms with van der Waals surface area (Å²) in [4.78, 5) is 7.38. The first kappa shape index (κ1) is 5.34. The topological polar surface area (TPSA) is 38.9 Å². The molecule has 0 aliphatic carbocycles. The summed E-state index contributed by atoms with van der Waals surface area (Å²) in [6.45, 7) is 0. The molecule has 0 unspecified atom stereocenters. The fourth-order valence-corrected chi connectivity index (χ4v) is 0.730. The van der Waals surface area contributed by atoms with Gasteiger partial charge in [0.2, 0.25) is 0 Å². The van der Waals surface area contributed by atoms with E-state index in [-0.39, 0.29) is 0 Å². The van der Waals surface area contributed by atoms with Crippen molar-refractivity contribution in [2.75, 3.05) is 0 Å². The summed E-state index contributed by atoms with van der Waals surface area (Å²) >= 11 is 0. The molecule has 3 nitrogen and oxygen atoms in total. The first-order valence-corrected chi connectivity index (χ1v) is 2.71. The molecule has 0 aromatic carbocycles. The van der Waals surface area contributed by atoms with Gasteiger partial charge in [-0.15, -0.1) is 0 Å². The fraction of sp³-hybridized carbons (Fsp3) is 0. The number of pyridine rings is 1. The maximum absolute atomic E-state index is 12.4. The molecule has 0 N–H and O–H groups in total. The van der Waals surface area contributed by atoms with Gasteiger partial charge in [0.05, 0.1) is 6.20 Å². The minimum atomic E-state index is -0.413. The molecule has 0 spiro atoms. The molecule has 50 valence electrons. The molecule has 0 atom stereocenters. The van der Waals surface area contributed by atoms with Crippen LogP contribution in [-0.4, -0.2) is 9.97 Å². The predicted molar refractivity (Wildman–Crippen MR) is 31.8 cm³/mol. The van der Waals surface area contributed by atoms with E-state index in [1.54, 1.807) is 0 Å². The van der Waals surface area contributed by atoms with Crippen LogP contribution in [0.4, 0.5) is 4.39 Å². The van der Waals surface area contributed by atoms with E-state index in [0.29, 0.717) is 11.2 Å². The second kappa shape index (κ2) is 1.76. The maximum atomic E-state index is 12.4. The van der Waals surface area contributed by atoms with Gasteiger partial charge in [0.1, 0.15) is 5.82 Å². The first-order chi connectivity index (χ1) is 4.86. The van der Waals surface area contributed by atoms with E-state index in [9.17, 15) is 4.39 Å². The highest BCUT2D eigenvalue weighted by Crippen LogP contribution is 2.09. The van der Waals surface area contributed by atoms with Crippen LogP contribution in [0.3, 0.4) is 0 Å². The summed E-state index contributed by atoms with van der Waals surface area (Å²) < 4.78 is 17.1. The van der Waals surface area contributed by atoms with E-state index in [2.05, 4.69) is 9.97 Å². The number of hydrogen-bond donors (Lipinski definition) is 0. The minimum Gasteiger partial charge on any atom is -0.442 e. The molecular formula is C6H3FN2O. The maximum Gasteiger partial charge on any atom is 0.198 e. The van der Waals surface area contributed by atoms with Crippen LogP contribution in [0.2, 0.25) is 0 Å². The zero-order chi connectivity index (χ0) is 6.97. The molecule has 0 saturated carbocycles. The third kappa shape index (κ3) is 0.655. The molecule has 4 heteroatoms. The standard InChI is InChI=1S/C6H3FN2O/c7-4-1-5-6(8-2-4)9-3-10-5/h1-3H. The van der Waals surface area contributed by atoms with Crippen LogP contribution in [0.1, 0.15) is 0 Å². The van der Waals surface area contributed by atoms with Crippen molar-refractivity contribution < 1.29 is 8.81 Å². The van der Waals surface area contributed by atoms with E-state index in [1.807, 2.05) is 0 Å². The summed E-state index contributed by atoms with van der Waals surface area (Å²) in [7, 11) is 0. The van der Waals surface area contributed by atoms with Crippen LogP contribution in [-0.2, 0) is 0 Å². The molecule has 10 heavy (non-hydrogen) atoms. The van der Waals surface area contributed by atoms with Crippen molar-refractivity contribution in [2.45, 2.75) is 0 Å². The van der Waals surface area contributed by atoms with Crippen molar-refractivity contribution in [3.63, 3.8) is 0 Å². The Kier molecular flexibility index (Phi) is 0.943. The normalized spacial score (nSPS) is 10.5. The Hall–Kier alpha value is -1.45. The summed E-state index contributed by atoms with van der Waals surface area (Å²) in [6, 6.07) is 1.25. The quantitative estimate of drug-likeness (QED) is 0.551. The first-order valence-electron chi connectivity index (χ1n) is 2.71. The van der Waals surface area contributed by atoms with Gasteiger partial charge in [-0.1, -0.05) is 0 Å². The lowest BCUT2D eigenvalue weighted by atomic mass is 10.4. The Morgan fingerprint density at radius 1 is 1.40 bits per heavy atom. The van der Waals surface area contributed by atoms with Gasteiger partial charge in [0.15, 0.2) is 17.6 Å². The number of rotatable bonds is 0. The second-order valence-electron chi connectivity index (χ2n) is 1.83. The summed E-state index contributed by atoms with van der Waals surface area (Å²) in [5, 5.41) is 0. The lowest BCUT2D eigenvalue weighted by Gasteiger charge is -1.83. The number of halogens is 1. The lowest BCUT2D eigenvalue weighted by Crippen LogP contribution is -1.77. The zero-order valence-electron chi connectivity index (χ0n) is 4.91. The van der Waals surface area contributed by atoms with Gasteiger partial charge < -0.3 is 4.42 Å². The third-order valence-corrected chi connectivity index (χ3v) is 1.15. The summed E-state index contributed by atoms with van der Waals surface area (Å²) in [5.74, 6) is -0.413. The van der Waals surface area contributed by atoms with Crippen LogP contribution in [0.25, 0.3) is 11.2 Å². The molecular weight excluding hydrogens is 135 g/mol. The second-order valence-corrected chi connectivity index (χ2v) is 1.83. The summed E-state index contributed by atoms with van der Waals surface area (Å²) in [5.41, 5.74) is 0.807. The minimum absolute atomic E-state index is 0.375.